The Morgan fingerprint density at radius 2 is 2.45 bits per heavy atom. The first-order valence-corrected chi connectivity index (χ1v) is 4.70. The molecule has 0 nitrogen and oxygen atoms in total. The van der Waals surface area contributed by atoms with Gasteiger partial charge in [-0.2, -0.15) is 0 Å². The summed E-state index contributed by atoms with van der Waals surface area (Å²) in [6, 6.07) is 0. The Hall–Kier alpha value is -0.230. The van der Waals surface area contributed by atoms with Crippen molar-refractivity contribution in [2.24, 2.45) is 5.92 Å². The number of rotatable bonds is 2. The fourth-order valence-corrected chi connectivity index (χ4v) is 1.37. The lowest BCUT2D eigenvalue weighted by Crippen LogP contribution is -2.02. The van der Waals surface area contributed by atoms with E-state index in [1.807, 2.05) is 0 Å². The summed E-state index contributed by atoms with van der Waals surface area (Å²) in [5.74, 6) is 0.690. The van der Waals surface area contributed by atoms with Crippen LogP contribution in [0.1, 0.15) is 26.7 Å². The van der Waals surface area contributed by atoms with Crippen molar-refractivity contribution >= 4 is 11.6 Å². The maximum atomic E-state index is 5.90. The van der Waals surface area contributed by atoms with E-state index in [-0.39, 0.29) is 5.38 Å². The number of allylic oxidation sites excluding steroid dienone is 4. The van der Waals surface area contributed by atoms with Crippen LogP contribution >= 0.6 is 11.6 Å². The first-order chi connectivity index (χ1) is 5.24. The molecule has 62 valence electrons. The topological polar surface area (TPSA) is 0 Å². The minimum absolute atomic E-state index is 0.225. The minimum atomic E-state index is 0.225. The van der Waals surface area contributed by atoms with E-state index in [0.717, 1.165) is 6.42 Å². The average molecular weight is 171 g/mol. The lowest BCUT2D eigenvalue weighted by molar-refractivity contribution is 0.662. The zero-order valence-corrected chi connectivity index (χ0v) is 7.93. The Bertz CT molecular complexity index is 179. The van der Waals surface area contributed by atoms with Crippen molar-refractivity contribution in [3.63, 3.8) is 0 Å². The maximum Gasteiger partial charge on any atom is 0.0553 e. The summed E-state index contributed by atoms with van der Waals surface area (Å²) >= 11 is 5.90. The maximum absolute atomic E-state index is 5.90. The monoisotopic (exact) mass is 170 g/mol. The molecule has 0 heterocycles. The molecule has 1 aliphatic carbocycles. The SMILES string of the molecule is CCC(C)C1=CCC(Cl)C=C1. The lowest BCUT2D eigenvalue weighted by Gasteiger charge is -2.15. The third kappa shape index (κ3) is 2.37. The van der Waals surface area contributed by atoms with Gasteiger partial charge in [0.25, 0.3) is 0 Å². The summed E-state index contributed by atoms with van der Waals surface area (Å²) in [6.07, 6.45) is 8.71. The molecule has 1 aliphatic rings. The van der Waals surface area contributed by atoms with Crippen LogP contribution in [-0.4, -0.2) is 5.38 Å². The van der Waals surface area contributed by atoms with E-state index in [4.69, 9.17) is 11.6 Å². The van der Waals surface area contributed by atoms with Crippen LogP contribution in [0.4, 0.5) is 0 Å². The molecular formula is C10H15Cl. The van der Waals surface area contributed by atoms with Crippen LogP contribution in [0.25, 0.3) is 0 Å². The molecule has 0 spiro atoms. The van der Waals surface area contributed by atoms with E-state index in [9.17, 15) is 0 Å². The van der Waals surface area contributed by atoms with Gasteiger partial charge in [-0.3, -0.25) is 0 Å². The van der Waals surface area contributed by atoms with Gasteiger partial charge in [-0.15, -0.1) is 11.6 Å². The average Bonchev–Trinajstić information content (AvgIpc) is 2.05. The summed E-state index contributed by atoms with van der Waals surface area (Å²) in [7, 11) is 0. The van der Waals surface area contributed by atoms with E-state index in [1.54, 1.807) is 0 Å². The van der Waals surface area contributed by atoms with Crippen LogP contribution in [0, 0.1) is 5.92 Å². The Kier molecular flexibility index (Phi) is 3.19. The first-order valence-electron chi connectivity index (χ1n) is 4.26. The van der Waals surface area contributed by atoms with Gasteiger partial charge >= 0.3 is 0 Å². The van der Waals surface area contributed by atoms with Crippen LogP contribution in [0.3, 0.4) is 0 Å². The van der Waals surface area contributed by atoms with Gasteiger partial charge in [0, 0.05) is 0 Å². The van der Waals surface area contributed by atoms with Crippen molar-refractivity contribution in [1.82, 2.24) is 0 Å². The Balaban J connectivity index is 2.55. The zero-order valence-electron chi connectivity index (χ0n) is 7.18. The highest BCUT2D eigenvalue weighted by atomic mass is 35.5. The standard InChI is InChI=1S/C10H15Cl/c1-3-8(2)9-4-6-10(11)7-5-9/h4-6,8,10H,3,7H2,1-2H3. The molecular weight excluding hydrogens is 156 g/mol. The summed E-state index contributed by atoms with van der Waals surface area (Å²) in [5.41, 5.74) is 1.45. The molecule has 0 aromatic rings. The Labute approximate surface area is 73.9 Å². The predicted molar refractivity (Wildman–Crippen MR) is 50.9 cm³/mol. The summed E-state index contributed by atoms with van der Waals surface area (Å²) in [6.45, 7) is 4.47. The van der Waals surface area contributed by atoms with E-state index in [0.29, 0.717) is 5.92 Å². The summed E-state index contributed by atoms with van der Waals surface area (Å²) in [5, 5.41) is 0.225. The highest BCUT2D eigenvalue weighted by molar-refractivity contribution is 6.22. The third-order valence-corrected chi connectivity index (χ3v) is 2.58. The highest BCUT2D eigenvalue weighted by Gasteiger charge is 2.08. The number of alkyl halides is 1. The molecule has 2 atom stereocenters. The van der Waals surface area contributed by atoms with Gasteiger partial charge in [0.15, 0.2) is 0 Å². The Morgan fingerprint density at radius 1 is 1.73 bits per heavy atom. The van der Waals surface area contributed by atoms with Crippen molar-refractivity contribution in [3.8, 4) is 0 Å². The summed E-state index contributed by atoms with van der Waals surface area (Å²) in [4.78, 5) is 0. The minimum Gasteiger partial charge on any atom is -0.118 e. The van der Waals surface area contributed by atoms with Crippen LogP contribution in [0.5, 0.6) is 0 Å². The fourth-order valence-electron chi connectivity index (χ4n) is 1.21. The molecule has 0 aromatic carbocycles. The van der Waals surface area contributed by atoms with Crippen molar-refractivity contribution in [1.29, 1.82) is 0 Å². The molecule has 0 aliphatic heterocycles. The van der Waals surface area contributed by atoms with E-state index < -0.39 is 0 Å². The van der Waals surface area contributed by atoms with Crippen LogP contribution < -0.4 is 0 Å². The molecule has 0 fully saturated rings. The second kappa shape index (κ2) is 3.96. The quantitative estimate of drug-likeness (QED) is 0.557. The van der Waals surface area contributed by atoms with Crippen LogP contribution in [0.15, 0.2) is 23.8 Å². The van der Waals surface area contributed by atoms with Crippen molar-refractivity contribution in [3.05, 3.63) is 23.8 Å². The van der Waals surface area contributed by atoms with E-state index in [1.165, 1.54) is 12.0 Å². The smallest absolute Gasteiger partial charge is 0.0553 e. The van der Waals surface area contributed by atoms with E-state index >= 15 is 0 Å². The normalized spacial score (nSPS) is 26.5. The molecule has 0 aromatic heterocycles. The highest BCUT2D eigenvalue weighted by Crippen LogP contribution is 2.22. The van der Waals surface area contributed by atoms with Gasteiger partial charge in [0.05, 0.1) is 5.38 Å². The van der Waals surface area contributed by atoms with Crippen molar-refractivity contribution in [2.45, 2.75) is 32.1 Å². The van der Waals surface area contributed by atoms with Crippen molar-refractivity contribution < 1.29 is 0 Å². The van der Waals surface area contributed by atoms with Gasteiger partial charge in [-0.25, -0.2) is 0 Å². The second-order valence-electron chi connectivity index (χ2n) is 3.12. The Morgan fingerprint density at radius 3 is 2.91 bits per heavy atom. The molecule has 0 bridgehead atoms. The fraction of sp³-hybridized carbons (Fsp3) is 0.600. The third-order valence-electron chi connectivity index (χ3n) is 2.26. The zero-order chi connectivity index (χ0) is 8.27. The number of halogens is 1. The van der Waals surface area contributed by atoms with Gasteiger partial charge in [-0.05, 0) is 24.3 Å². The largest absolute Gasteiger partial charge is 0.118 e. The van der Waals surface area contributed by atoms with Gasteiger partial charge in [0.1, 0.15) is 0 Å². The van der Waals surface area contributed by atoms with Crippen LogP contribution in [-0.2, 0) is 0 Å². The lowest BCUT2D eigenvalue weighted by atomic mass is 9.94. The molecule has 0 amide bonds. The molecule has 0 N–H and O–H groups in total. The molecule has 0 saturated heterocycles. The molecule has 1 heteroatoms. The number of hydrogen-bond acceptors (Lipinski definition) is 0. The van der Waals surface area contributed by atoms with Crippen molar-refractivity contribution in [2.75, 3.05) is 0 Å². The second-order valence-corrected chi connectivity index (χ2v) is 3.68. The van der Waals surface area contributed by atoms with Gasteiger partial charge in [-0.1, -0.05) is 32.1 Å². The summed E-state index contributed by atoms with van der Waals surface area (Å²) < 4.78 is 0. The number of hydrogen-bond donors (Lipinski definition) is 0. The van der Waals surface area contributed by atoms with E-state index in [2.05, 4.69) is 32.1 Å². The molecule has 0 radical (unpaired) electrons. The molecule has 2 unspecified atom stereocenters. The van der Waals surface area contributed by atoms with Crippen LogP contribution in [0.2, 0.25) is 0 Å². The van der Waals surface area contributed by atoms with Gasteiger partial charge in [0.2, 0.25) is 0 Å². The molecule has 11 heavy (non-hydrogen) atoms. The molecule has 1 rings (SSSR count). The first kappa shape index (κ1) is 8.86. The van der Waals surface area contributed by atoms with Gasteiger partial charge < -0.3 is 0 Å². The predicted octanol–water partition coefficient (Wildman–Crippen LogP) is 3.53. The molecule has 0 saturated carbocycles.